The monoisotopic (exact) mass is 391 g/mol. The van der Waals surface area contributed by atoms with Crippen molar-refractivity contribution in [3.63, 3.8) is 0 Å². The highest BCUT2D eigenvalue weighted by molar-refractivity contribution is 6.12. The molecule has 0 saturated heterocycles. The molecule has 0 radical (unpaired) electrons. The Kier molecular flexibility index (Phi) is 6.12. The van der Waals surface area contributed by atoms with Crippen LogP contribution in [0.3, 0.4) is 0 Å². The Morgan fingerprint density at radius 3 is 2.28 bits per heavy atom. The fourth-order valence-corrected chi connectivity index (χ4v) is 3.16. The van der Waals surface area contributed by atoms with Crippen molar-refractivity contribution >= 4 is 34.0 Å². The molecule has 0 saturated carbocycles. The number of nitrogens with one attached hydrogen (secondary N) is 2. The number of aryl methyl sites for hydroxylation is 1. The Hall–Kier alpha value is -3.41. The summed E-state index contributed by atoms with van der Waals surface area (Å²) in [5.41, 5.74) is 1.51. The zero-order valence-electron chi connectivity index (χ0n) is 16.9. The van der Waals surface area contributed by atoms with Crippen LogP contribution in [0.15, 0.2) is 59.5 Å². The van der Waals surface area contributed by atoms with Gasteiger partial charge in [-0.1, -0.05) is 38.1 Å². The number of amides is 2. The number of benzene rings is 2. The van der Waals surface area contributed by atoms with Crippen molar-refractivity contribution < 1.29 is 9.59 Å². The highest BCUT2D eigenvalue weighted by Gasteiger charge is 2.15. The van der Waals surface area contributed by atoms with E-state index in [9.17, 15) is 14.4 Å². The number of hydrogen-bond donors (Lipinski definition) is 2. The molecule has 1 aromatic heterocycles. The lowest BCUT2D eigenvalue weighted by molar-refractivity contribution is -0.114. The smallest absolute Gasteiger partial charge is 0.258 e. The van der Waals surface area contributed by atoms with E-state index in [-0.39, 0.29) is 17.4 Å². The maximum Gasteiger partial charge on any atom is 0.258 e. The molecule has 0 aliphatic rings. The number of hydrogen-bond acceptors (Lipinski definition) is 3. The maximum absolute atomic E-state index is 13.0. The summed E-state index contributed by atoms with van der Waals surface area (Å²) in [6, 6.07) is 14.1. The molecule has 0 aliphatic heterocycles. The minimum absolute atomic E-state index is 0.0922. The van der Waals surface area contributed by atoms with Crippen LogP contribution in [0.4, 0.5) is 11.4 Å². The molecule has 6 nitrogen and oxygen atoms in total. The number of anilines is 2. The molecular weight excluding hydrogens is 366 g/mol. The first-order chi connectivity index (χ1) is 13.8. The Morgan fingerprint density at radius 2 is 1.62 bits per heavy atom. The van der Waals surface area contributed by atoms with E-state index in [1.807, 2.05) is 6.07 Å². The molecule has 0 fully saturated rings. The minimum atomic E-state index is -0.306. The summed E-state index contributed by atoms with van der Waals surface area (Å²) in [4.78, 5) is 37.1. The van der Waals surface area contributed by atoms with Crippen LogP contribution in [0.25, 0.3) is 10.8 Å². The second-order valence-corrected chi connectivity index (χ2v) is 7.49. The summed E-state index contributed by atoms with van der Waals surface area (Å²) >= 11 is 0. The van der Waals surface area contributed by atoms with Gasteiger partial charge in [0, 0.05) is 41.8 Å². The third-order valence-electron chi connectivity index (χ3n) is 4.63. The number of fused-ring (bicyclic) bond motifs is 1. The van der Waals surface area contributed by atoms with Crippen LogP contribution in [0.1, 0.15) is 37.6 Å². The maximum atomic E-state index is 13.0. The first kappa shape index (κ1) is 20.3. The Morgan fingerprint density at radius 1 is 0.966 bits per heavy atom. The number of nitrogens with zero attached hydrogens (tertiary/aromatic N) is 1. The quantitative estimate of drug-likeness (QED) is 0.659. The van der Waals surface area contributed by atoms with Crippen LogP contribution in [-0.4, -0.2) is 16.4 Å². The Labute approximate surface area is 169 Å². The SMILES string of the molecule is CC(=O)Nc1cccc(NC(=O)c2cn(CCC(C)C)c(=O)c3ccccc23)c1. The van der Waals surface area contributed by atoms with E-state index in [1.54, 1.807) is 53.2 Å². The molecule has 150 valence electrons. The molecular formula is C23H25N3O3. The number of rotatable bonds is 6. The summed E-state index contributed by atoms with van der Waals surface area (Å²) in [6.07, 6.45) is 2.48. The molecule has 0 spiro atoms. The van der Waals surface area contributed by atoms with E-state index in [4.69, 9.17) is 0 Å². The van der Waals surface area contributed by atoms with Crippen molar-refractivity contribution in [1.29, 1.82) is 0 Å². The van der Waals surface area contributed by atoms with E-state index in [1.165, 1.54) is 6.92 Å². The first-order valence-electron chi connectivity index (χ1n) is 9.66. The summed E-state index contributed by atoms with van der Waals surface area (Å²) < 4.78 is 1.62. The van der Waals surface area contributed by atoms with Crippen LogP contribution < -0.4 is 16.2 Å². The van der Waals surface area contributed by atoms with Crippen molar-refractivity contribution in [2.75, 3.05) is 10.6 Å². The fourth-order valence-electron chi connectivity index (χ4n) is 3.16. The minimum Gasteiger partial charge on any atom is -0.326 e. The molecule has 2 amide bonds. The molecule has 0 bridgehead atoms. The van der Waals surface area contributed by atoms with Gasteiger partial charge in [0.15, 0.2) is 0 Å². The van der Waals surface area contributed by atoms with Gasteiger partial charge in [-0.25, -0.2) is 0 Å². The lowest BCUT2D eigenvalue weighted by Gasteiger charge is -2.14. The summed E-state index contributed by atoms with van der Waals surface area (Å²) in [5.74, 6) is -0.0432. The van der Waals surface area contributed by atoms with Crippen molar-refractivity contribution in [3.8, 4) is 0 Å². The third-order valence-corrected chi connectivity index (χ3v) is 4.63. The summed E-state index contributed by atoms with van der Waals surface area (Å²) in [7, 11) is 0. The summed E-state index contributed by atoms with van der Waals surface area (Å²) in [5, 5.41) is 6.71. The molecule has 1 heterocycles. The number of aromatic nitrogens is 1. The molecule has 0 unspecified atom stereocenters. The predicted octanol–water partition coefficient (Wildman–Crippen LogP) is 4.26. The zero-order chi connectivity index (χ0) is 21.0. The van der Waals surface area contributed by atoms with Gasteiger partial charge in [-0.3, -0.25) is 14.4 Å². The van der Waals surface area contributed by atoms with Crippen LogP contribution in [-0.2, 0) is 11.3 Å². The van der Waals surface area contributed by atoms with Gasteiger partial charge in [-0.05, 0) is 36.6 Å². The second kappa shape index (κ2) is 8.73. The van der Waals surface area contributed by atoms with Gasteiger partial charge in [0.05, 0.1) is 5.56 Å². The van der Waals surface area contributed by atoms with E-state index in [0.29, 0.717) is 40.2 Å². The summed E-state index contributed by atoms with van der Waals surface area (Å²) in [6.45, 7) is 6.18. The average Bonchev–Trinajstić information content (AvgIpc) is 2.67. The fraction of sp³-hybridized carbons (Fsp3) is 0.261. The number of pyridine rings is 1. The van der Waals surface area contributed by atoms with Gasteiger partial charge >= 0.3 is 0 Å². The van der Waals surface area contributed by atoms with Gasteiger partial charge in [-0.2, -0.15) is 0 Å². The molecule has 29 heavy (non-hydrogen) atoms. The van der Waals surface area contributed by atoms with Crippen molar-refractivity contribution in [2.45, 2.75) is 33.7 Å². The van der Waals surface area contributed by atoms with Crippen molar-refractivity contribution in [2.24, 2.45) is 5.92 Å². The molecule has 2 aromatic carbocycles. The first-order valence-corrected chi connectivity index (χ1v) is 9.66. The number of carbonyl (C=O) groups excluding carboxylic acids is 2. The second-order valence-electron chi connectivity index (χ2n) is 7.49. The largest absolute Gasteiger partial charge is 0.326 e. The molecule has 3 aromatic rings. The Bertz CT molecular complexity index is 1120. The molecule has 0 aliphatic carbocycles. The lowest BCUT2D eigenvalue weighted by Crippen LogP contribution is -2.24. The third kappa shape index (κ3) is 4.90. The predicted molar refractivity (Wildman–Crippen MR) is 116 cm³/mol. The Balaban J connectivity index is 1.97. The van der Waals surface area contributed by atoms with Gasteiger partial charge in [0.1, 0.15) is 0 Å². The van der Waals surface area contributed by atoms with Crippen molar-refractivity contribution in [3.05, 3.63) is 70.6 Å². The van der Waals surface area contributed by atoms with Crippen LogP contribution in [0, 0.1) is 5.92 Å². The van der Waals surface area contributed by atoms with Gasteiger partial charge in [-0.15, -0.1) is 0 Å². The molecule has 3 rings (SSSR count). The van der Waals surface area contributed by atoms with Gasteiger partial charge in [0.2, 0.25) is 5.91 Å². The number of carbonyl (C=O) groups is 2. The van der Waals surface area contributed by atoms with Gasteiger partial charge < -0.3 is 15.2 Å². The normalized spacial score (nSPS) is 10.9. The van der Waals surface area contributed by atoms with E-state index in [2.05, 4.69) is 24.5 Å². The van der Waals surface area contributed by atoms with E-state index in [0.717, 1.165) is 6.42 Å². The van der Waals surface area contributed by atoms with Crippen LogP contribution in [0.2, 0.25) is 0 Å². The lowest BCUT2D eigenvalue weighted by atomic mass is 10.1. The van der Waals surface area contributed by atoms with Gasteiger partial charge in [0.25, 0.3) is 11.5 Å². The average molecular weight is 391 g/mol. The van der Waals surface area contributed by atoms with Crippen LogP contribution >= 0.6 is 0 Å². The molecule has 0 atom stereocenters. The van der Waals surface area contributed by atoms with E-state index >= 15 is 0 Å². The standard InChI is InChI=1S/C23H25N3O3/c1-15(2)11-12-26-14-21(19-9-4-5-10-20(19)23(26)29)22(28)25-18-8-6-7-17(13-18)24-16(3)27/h4-10,13-15H,11-12H2,1-3H3,(H,24,27)(H,25,28). The van der Waals surface area contributed by atoms with E-state index < -0.39 is 0 Å². The van der Waals surface area contributed by atoms with Crippen LogP contribution in [0.5, 0.6) is 0 Å². The highest BCUT2D eigenvalue weighted by atomic mass is 16.2. The highest BCUT2D eigenvalue weighted by Crippen LogP contribution is 2.20. The zero-order valence-corrected chi connectivity index (χ0v) is 16.9. The van der Waals surface area contributed by atoms with Crippen molar-refractivity contribution in [1.82, 2.24) is 4.57 Å². The molecule has 6 heteroatoms. The topological polar surface area (TPSA) is 80.2 Å². The molecule has 2 N–H and O–H groups in total.